The number of nitrogens with one attached hydrogen (secondary N) is 1. The molecule has 3 N–H and O–H groups in total. The van der Waals surface area contributed by atoms with Gasteiger partial charge in [-0.1, -0.05) is 30.7 Å². The van der Waals surface area contributed by atoms with Crippen molar-refractivity contribution in [2.24, 2.45) is 11.7 Å². The zero-order chi connectivity index (χ0) is 14.0. The number of halogens is 1. The maximum Gasteiger partial charge on any atom is 0.229 e. The van der Waals surface area contributed by atoms with Gasteiger partial charge < -0.3 is 11.1 Å². The van der Waals surface area contributed by atoms with Gasteiger partial charge in [-0.3, -0.25) is 4.79 Å². The Morgan fingerprint density at radius 2 is 1.84 bits per heavy atom. The summed E-state index contributed by atoms with van der Waals surface area (Å²) in [5, 5.41) is 2.83. The van der Waals surface area contributed by atoms with Crippen LogP contribution in [0.25, 0.3) is 11.0 Å². The topological polar surface area (TPSA) is 80.9 Å². The molecule has 19 heavy (non-hydrogen) atoms. The molecule has 1 aromatic heterocycles. The molecule has 0 bridgehead atoms. The molecular weight excluding hydrogens is 264 g/mol. The fourth-order valence-corrected chi connectivity index (χ4v) is 1.71. The molecule has 0 spiro atoms. The highest BCUT2D eigenvalue weighted by Crippen LogP contribution is 2.21. The molecule has 0 radical (unpaired) electrons. The fourth-order valence-electron chi connectivity index (χ4n) is 1.53. The number of fused-ring (bicyclic) bond motifs is 1. The van der Waals surface area contributed by atoms with Crippen molar-refractivity contribution in [1.29, 1.82) is 0 Å². The number of hydrogen-bond acceptors (Lipinski definition) is 4. The number of hydrogen-bond donors (Lipinski definition) is 2. The Bertz CT molecular complexity index is 615. The average molecular weight is 279 g/mol. The van der Waals surface area contributed by atoms with Gasteiger partial charge in [-0.25, -0.2) is 9.97 Å². The number of anilines is 1. The van der Waals surface area contributed by atoms with Gasteiger partial charge in [0.05, 0.1) is 17.0 Å². The number of nitrogens with two attached hydrogens (primary N) is 1. The number of para-hydroxylation sites is 2. The van der Waals surface area contributed by atoms with E-state index in [1.807, 2.05) is 24.3 Å². The van der Waals surface area contributed by atoms with Crippen molar-refractivity contribution in [1.82, 2.24) is 9.97 Å². The van der Waals surface area contributed by atoms with E-state index in [1.54, 1.807) is 13.8 Å². The third-order valence-corrected chi connectivity index (χ3v) is 3.24. The Morgan fingerprint density at radius 3 is 2.42 bits per heavy atom. The van der Waals surface area contributed by atoms with Crippen LogP contribution in [0.1, 0.15) is 13.8 Å². The molecule has 6 heteroatoms. The minimum atomic E-state index is -0.329. The van der Waals surface area contributed by atoms with Gasteiger partial charge in [0.1, 0.15) is 0 Å². The van der Waals surface area contributed by atoms with Crippen molar-refractivity contribution >= 4 is 34.4 Å². The predicted molar refractivity (Wildman–Crippen MR) is 76.0 cm³/mol. The summed E-state index contributed by atoms with van der Waals surface area (Å²) in [6.07, 6.45) is 0. The Morgan fingerprint density at radius 1 is 1.26 bits per heavy atom. The van der Waals surface area contributed by atoms with Crippen molar-refractivity contribution in [2.45, 2.75) is 19.9 Å². The van der Waals surface area contributed by atoms with Crippen LogP contribution in [-0.2, 0) is 4.79 Å². The molecule has 0 saturated carbocycles. The van der Waals surface area contributed by atoms with Crippen LogP contribution in [0.15, 0.2) is 24.3 Å². The SMILES string of the molecule is CC(N)C(C)C(=O)Nc1nc2ccccc2nc1Cl. The lowest BCUT2D eigenvalue weighted by atomic mass is 10.0. The lowest BCUT2D eigenvalue weighted by Gasteiger charge is -2.15. The molecule has 0 aliphatic heterocycles. The first-order chi connectivity index (χ1) is 8.99. The van der Waals surface area contributed by atoms with Crippen LogP contribution >= 0.6 is 11.6 Å². The van der Waals surface area contributed by atoms with E-state index in [0.29, 0.717) is 11.0 Å². The first-order valence-electron chi connectivity index (χ1n) is 5.97. The Labute approximate surface area is 116 Å². The summed E-state index contributed by atoms with van der Waals surface area (Å²) in [5.41, 5.74) is 7.05. The normalized spacial score (nSPS) is 14.1. The zero-order valence-corrected chi connectivity index (χ0v) is 11.5. The summed E-state index contributed by atoms with van der Waals surface area (Å²) in [6.45, 7) is 3.53. The van der Waals surface area contributed by atoms with E-state index in [4.69, 9.17) is 17.3 Å². The summed E-state index contributed by atoms with van der Waals surface area (Å²) in [7, 11) is 0. The first-order valence-corrected chi connectivity index (χ1v) is 6.35. The zero-order valence-electron chi connectivity index (χ0n) is 10.7. The van der Waals surface area contributed by atoms with Crippen LogP contribution in [0.4, 0.5) is 5.82 Å². The first kappa shape index (κ1) is 13.7. The van der Waals surface area contributed by atoms with Crippen molar-refractivity contribution in [3.63, 3.8) is 0 Å². The summed E-state index contributed by atoms with van der Waals surface area (Å²) >= 11 is 6.01. The monoisotopic (exact) mass is 278 g/mol. The number of carbonyl (C=O) groups is 1. The molecule has 100 valence electrons. The molecule has 0 aliphatic rings. The third kappa shape index (κ3) is 3.00. The molecule has 0 aliphatic carbocycles. The van der Waals surface area contributed by atoms with E-state index in [1.165, 1.54) is 0 Å². The number of benzene rings is 1. The number of aromatic nitrogens is 2. The smallest absolute Gasteiger partial charge is 0.229 e. The van der Waals surface area contributed by atoms with Crippen molar-refractivity contribution < 1.29 is 4.79 Å². The molecule has 2 aromatic rings. The van der Waals surface area contributed by atoms with Gasteiger partial charge in [0.25, 0.3) is 0 Å². The van der Waals surface area contributed by atoms with Crippen LogP contribution in [0, 0.1) is 5.92 Å². The van der Waals surface area contributed by atoms with Crippen LogP contribution in [0.3, 0.4) is 0 Å². The van der Waals surface area contributed by atoms with E-state index in [-0.39, 0.29) is 28.8 Å². The summed E-state index contributed by atoms with van der Waals surface area (Å²) in [4.78, 5) is 20.4. The van der Waals surface area contributed by atoms with Gasteiger partial charge in [0.2, 0.25) is 5.91 Å². The highest BCUT2D eigenvalue weighted by molar-refractivity contribution is 6.32. The van der Waals surface area contributed by atoms with Crippen LogP contribution in [0.5, 0.6) is 0 Å². The molecule has 1 aromatic carbocycles. The standard InChI is InChI=1S/C13H15ClN4O/c1-7(8(2)15)13(19)18-12-11(14)16-9-5-3-4-6-10(9)17-12/h3-8H,15H2,1-2H3,(H,17,18,19). The third-order valence-electron chi connectivity index (χ3n) is 2.97. The second-order valence-corrected chi connectivity index (χ2v) is 4.85. The Balaban J connectivity index is 2.30. The minimum absolute atomic E-state index is 0.170. The fraction of sp³-hybridized carbons (Fsp3) is 0.308. The lowest BCUT2D eigenvalue weighted by Crippen LogP contribution is -2.34. The molecule has 0 saturated heterocycles. The molecule has 2 rings (SSSR count). The predicted octanol–water partition coefficient (Wildman–Crippen LogP) is 2.21. The quantitative estimate of drug-likeness (QED) is 0.902. The Hall–Kier alpha value is -1.72. The van der Waals surface area contributed by atoms with Crippen LogP contribution in [-0.4, -0.2) is 21.9 Å². The van der Waals surface area contributed by atoms with E-state index < -0.39 is 0 Å². The molecule has 2 atom stereocenters. The van der Waals surface area contributed by atoms with Gasteiger partial charge in [-0.05, 0) is 19.1 Å². The van der Waals surface area contributed by atoms with Gasteiger partial charge in [0, 0.05) is 6.04 Å². The molecule has 1 heterocycles. The number of amides is 1. The van der Waals surface area contributed by atoms with Gasteiger partial charge in [-0.2, -0.15) is 0 Å². The second kappa shape index (κ2) is 5.50. The summed E-state index contributed by atoms with van der Waals surface area (Å²) in [6, 6.07) is 7.07. The van der Waals surface area contributed by atoms with Crippen LogP contribution < -0.4 is 11.1 Å². The highest BCUT2D eigenvalue weighted by atomic mass is 35.5. The van der Waals surface area contributed by atoms with Gasteiger partial charge in [-0.15, -0.1) is 0 Å². The molecule has 5 nitrogen and oxygen atoms in total. The average Bonchev–Trinajstić information content (AvgIpc) is 2.38. The Kier molecular flexibility index (Phi) is 3.97. The maximum absolute atomic E-state index is 11.9. The molecule has 2 unspecified atom stereocenters. The van der Waals surface area contributed by atoms with Crippen molar-refractivity contribution in [2.75, 3.05) is 5.32 Å². The number of carbonyl (C=O) groups excluding carboxylic acids is 1. The largest absolute Gasteiger partial charge is 0.327 e. The van der Waals surface area contributed by atoms with Crippen molar-refractivity contribution in [3.05, 3.63) is 29.4 Å². The second-order valence-electron chi connectivity index (χ2n) is 4.49. The van der Waals surface area contributed by atoms with E-state index in [0.717, 1.165) is 0 Å². The molecule has 1 amide bonds. The van der Waals surface area contributed by atoms with E-state index in [9.17, 15) is 4.79 Å². The van der Waals surface area contributed by atoms with Crippen LogP contribution in [0.2, 0.25) is 5.15 Å². The minimum Gasteiger partial charge on any atom is -0.327 e. The van der Waals surface area contributed by atoms with E-state index >= 15 is 0 Å². The molecular formula is C13H15ClN4O. The lowest BCUT2D eigenvalue weighted by molar-refractivity contribution is -0.119. The molecule has 0 fully saturated rings. The van der Waals surface area contributed by atoms with Gasteiger partial charge >= 0.3 is 0 Å². The number of nitrogens with zero attached hydrogens (tertiary/aromatic N) is 2. The van der Waals surface area contributed by atoms with Crippen molar-refractivity contribution in [3.8, 4) is 0 Å². The maximum atomic E-state index is 11.9. The summed E-state index contributed by atoms with van der Waals surface area (Å²) in [5.74, 6) is -0.288. The van der Waals surface area contributed by atoms with Gasteiger partial charge in [0.15, 0.2) is 11.0 Å². The highest BCUT2D eigenvalue weighted by Gasteiger charge is 2.19. The number of rotatable bonds is 3. The summed E-state index contributed by atoms with van der Waals surface area (Å²) < 4.78 is 0. The van der Waals surface area contributed by atoms with E-state index in [2.05, 4.69) is 15.3 Å².